The Morgan fingerprint density at radius 3 is 2.64 bits per heavy atom. The maximum Gasteiger partial charge on any atom is 0.353 e. The molecule has 11 heteroatoms. The molecule has 0 radical (unpaired) electrons. The molecular weight excluding hydrogens is 450 g/mol. The number of ether oxygens (including phenoxy) is 3. The van der Waals surface area contributed by atoms with Gasteiger partial charge in [-0.15, -0.1) is 11.3 Å². The number of nitro groups is 1. The third-order valence-corrected chi connectivity index (χ3v) is 5.04. The van der Waals surface area contributed by atoms with Crippen LogP contribution in [0.2, 0.25) is 0 Å². The van der Waals surface area contributed by atoms with Crippen molar-refractivity contribution in [1.29, 1.82) is 0 Å². The van der Waals surface area contributed by atoms with Gasteiger partial charge in [-0.25, -0.2) is 10.2 Å². The molecule has 0 spiro atoms. The number of amides is 1. The van der Waals surface area contributed by atoms with E-state index in [0.29, 0.717) is 21.8 Å². The summed E-state index contributed by atoms with van der Waals surface area (Å²) in [5.41, 5.74) is 3.32. The number of nitro benzene ring substituents is 1. The first-order valence-corrected chi connectivity index (χ1v) is 10.4. The molecule has 0 aliphatic heterocycles. The van der Waals surface area contributed by atoms with E-state index < -0.39 is 23.4 Å². The van der Waals surface area contributed by atoms with Crippen molar-refractivity contribution in [1.82, 2.24) is 5.43 Å². The van der Waals surface area contributed by atoms with Gasteiger partial charge in [-0.2, -0.15) is 5.10 Å². The molecular formula is C22H19N3O7S. The molecule has 33 heavy (non-hydrogen) atoms. The molecule has 0 atom stereocenters. The largest absolute Gasteiger partial charge is 0.493 e. The van der Waals surface area contributed by atoms with Gasteiger partial charge in [0.05, 0.1) is 18.2 Å². The molecule has 0 fully saturated rings. The maximum absolute atomic E-state index is 12.1. The second kappa shape index (κ2) is 10.9. The maximum atomic E-state index is 12.1. The zero-order chi connectivity index (χ0) is 23.8. The molecule has 2 aromatic carbocycles. The summed E-state index contributed by atoms with van der Waals surface area (Å²) in [7, 11) is 1.43. The van der Waals surface area contributed by atoms with Crippen molar-refractivity contribution in [3.05, 3.63) is 80.0 Å². The minimum absolute atomic E-state index is 0.0119. The predicted molar refractivity (Wildman–Crippen MR) is 121 cm³/mol. The van der Waals surface area contributed by atoms with E-state index >= 15 is 0 Å². The van der Waals surface area contributed by atoms with Gasteiger partial charge in [-0.1, -0.05) is 12.1 Å². The third kappa shape index (κ3) is 6.37. The zero-order valence-corrected chi connectivity index (χ0v) is 18.5. The Morgan fingerprint density at radius 1 is 1.15 bits per heavy atom. The average Bonchev–Trinajstić information content (AvgIpc) is 3.34. The molecule has 0 saturated heterocycles. The van der Waals surface area contributed by atoms with Crippen molar-refractivity contribution in [3.63, 3.8) is 0 Å². The Hall–Kier alpha value is -4.25. The zero-order valence-electron chi connectivity index (χ0n) is 17.6. The molecule has 0 aliphatic carbocycles. The molecule has 0 bridgehead atoms. The fraction of sp³-hybridized carbons (Fsp3) is 0.136. The topological polar surface area (TPSA) is 129 Å². The van der Waals surface area contributed by atoms with Crippen molar-refractivity contribution in [3.8, 4) is 17.2 Å². The van der Waals surface area contributed by atoms with E-state index in [0.717, 1.165) is 0 Å². The smallest absolute Gasteiger partial charge is 0.353 e. The number of hydrazone groups is 1. The number of thiophene rings is 1. The number of aryl methyl sites for hydroxylation is 1. The van der Waals surface area contributed by atoms with Crippen LogP contribution in [0.15, 0.2) is 59.0 Å². The van der Waals surface area contributed by atoms with Crippen molar-refractivity contribution in [2.75, 3.05) is 13.7 Å². The molecule has 10 nitrogen and oxygen atoms in total. The number of nitrogens with zero attached hydrogens (tertiary/aromatic N) is 2. The summed E-state index contributed by atoms with van der Waals surface area (Å²) < 4.78 is 15.9. The number of esters is 1. The molecule has 3 aromatic rings. The Bertz CT molecular complexity index is 1190. The number of methoxy groups -OCH3 is 1. The van der Waals surface area contributed by atoms with E-state index in [2.05, 4.69) is 10.5 Å². The summed E-state index contributed by atoms with van der Waals surface area (Å²) in [4.78, 5) is 35.1. The first kappa shape index (κ1) is 23.4. The van der Waals surface area contributed by atoms with E-state index in [1.54, 1.807) is 48.7 Å². The molecule has 0 saturated carbocycles. The van der Waals surface area contributed by atoms with Crippen LogP contribution in [-0.2, 0) is 4.79 Å². The van der Waals surface area contributed by atoms with Crippen LogP contribution in [0, 0.1) is 17.0 Å². The number of rotatable bonds is 9. The minimum atomic E-state index is -0.602. The fourth-order valence-electron chi connectivity index (χ4n) is 2.64. The predicted octanol–water partition coefficient (Wildman–Crippen LogP) is 3.72. The highest BCUT2D eigenvalue weighted by atomic mass is 32.1. The lowest BCUT2D eigenvalue weighted by Gasteiger charge is -2.09. The van der Waals surface area contributed by atoms with Crippen molar-refractivity contribution in [2.24, 2.45) is 5.10 Å². The summed E-state index contributed by atoms with van der Waals surface area (Å²) in [5.74, 6) is -0.557. The van der Waals surface area contributed by atoms with Crippen LogP contribution in [0.5, 0.6) is 17.2 Å². The quantitative estimate of drug-likeness (QED) is 0.166. The first-order chi connectivity index (χ1) is 15.9. The highest BCUT2D eigenvalue weighted by molar-refractivity contribution is 7.12. The highest BCUT2D eigenvalue weighted by Crippen LogP contribution is 2.29. The van der Waals surface area contributed by atoms with Gasteiger partial charge in [0.25, 0.3) is 5.91 Å². The summed E-state index contributed by atoms with van der Waals surface area (Å²) in [6.45, 7) is 1.26. The second-order valence-corrected chi connectivity index (χ2v) is 7.53. The SMILES string of the molecule is COc1cc(/C=N\NC(=O)COc2ccc(C)cc2[N+](=O)[O-])ccc1OC(=O)c1cccs1. The van der Waals surface area contributed by atoms with Crippen LogP contribution in [0.3, 0.4) is 0 Å². The normalized spacial score (nSPS) is 10.6. The molecule has 1 aromatic heterocycles. The number of hydrogen-bond donors (Lipinski definition) is 1. The van der Waals surface area contributed by atoms with Gasteiger partial charge in [0.2, 0.25) is 0 Å². The molecule has 3 rings (SSSR count). The van der Waals surface area contributed by atoms with E-state index in [1.165, 1.54) is 36.8 Å². The Balaban J connectivity index is 1.57. The Morgan fingerprint density at radius 2 is 1.94 bits per heavy atom. The standard InChI is InChI=1S/C22H19N3O7S/c1-14-5-7-17(16(10-14)25(28)29)31-13-21(26)24-23-12-15-6-8-18(19(11-15)30-2)32-22(27)20-4-3-9-33-20/h3-12H,13H2,1-2H3,(H,24,26)/b23-12-. The van der Waals surface area contributed by atoms with Crippen LogP contribution < -0.4 is 19.6 Å². The minimum Gasteiger partial charge on any atom is -0.493 e. The summed E-state index contributed by atoms with van der Waals surface area (Å²) in [6.07, 6.45) is 1.36. The van der Waals surface area contributed by atoms with E-state index in [9.17, 15) is 19.7 Å². The first-order valence-electron chi connectivity index (χ1n) is 9.51. The molecule has 1 amide bonds. The van der Waals surface area contributed by atoms with Gasteiger partial charge >= 0.3 is 11.7 Å². The summed E-state index contributed by atoms with van der Waals surface area (Å²) in [6, 6.07) is 12.6. The van der Waals surface area contributed by atoms with Crippen LogP contribution in [0.4, 0.5) is 5.69 Å². The Kier molecular flexibility index (Phi) is 7.71. The number of benzene rings is 2. The molecule has 0 unspecified atom stereocenters. The highest BCUT2D eigenvalue weighted by Gasteiger charge is 2.16. The van der Waals surface area contributed by atoms with E-state index in [-0.39, 0.29) is 17.2 Å². The van der Waals surface area contributed by atoms with Gasteiger partial charge < -0.3 is 14.2 Å². The van der Waals surface area contributed by atoms with Gasteiger partial charge in [0, 0.05) is 6.07 Å². The van der Waals surface area contributed by atoms with Crippen molar-refractivity contribution < 1.29 is 28.7 Å². The monoisotopic (exact) mass is 469 g/mol. The van der Waals surface area contributed by atoms with Gasteiger partial charge in [-0.05, 0) is 53.8 Å². The second-order valence-electron chi connectivity index (χ2n) is 6.59. The van der Waals surface area contributed by atoms with Crippen LogP contribution in [0.25, 0.3) is 0 Å². The lowest BCUT2D eigenvalue weighted by molar-refractivity contribution is -0.385. The van der Waals surface area contributed by atoms with E-state index in [4.69, 9.17) is 14.2 Å². The lowest BCUT2D eigenvalue weighted by atomic mass is 10.2. The van der Waals surface area contributed by atoms with Crippen molar-refractivity contribution >= 4 is 35.1 Å². The molecule has 1 heterocycles. The van der Waals surface area contributed by atoms with Gasteiger partial charge in [-0.3, -0.25) is 14.9 Å². The molecule has 1 N–H and O–H groups in total. The molecule has 170 valence electrons. The van der Waals surface area contributed by atoms with Gasteiger partial charge in [0.15, 0.2) is 23.9 Å². The fourth-order valence-corrected chi connectivity index (χ4v) is 3.24. The number of carbonyl (C=O) groups excluding carboxylic acids is 2. The Labute approximate surface area is 192 Å². The summed E-state index contributed by atoms with van der Waals surface area (Å²) >= 11 is 1.27. The van der Waals surface area contributed by atoms with Crippen LogP contribution in [0.1, 0.15) is 20.8 Å². The third-order valence-electron chi connectivity index (χ3n) is 4.19. The molecule has 0 aliphatic rings. The average molecular weight is 469 g/mol. The number of nitrogens with one attached hydrogen (secondary N) is 1. The van der Waals surface area contributed by atoms with Crippen molar-refractivity contribution in [2.45, 2.75) is 6.92 Å². The van der Waals surface area contributed by atoms with Gasteiger partial charge in [0.1, 0.15) is 4.88 Å². The van der Waals surface area contributed by atoms with E-state index in [1.807, 2.05) is 0 Å². The van der Waals surface area contributed by atoms with Crippen LogP contribution in [-0.4, -0.2) is 36.7 Å². The number of hydrogen-bond acceptors (Lipinski definition) is 9. The summed E-state index contributed by atoms with van der Waals surface area (Å²) in [5, 5.41) is 16.7. The lowest BCUT2D eigenvalue weighted by Crippen LogP contribution is -2.24. The number of carbonyl (C=O) groups is 2. The van der Waals surface area contributed by atoms with Crippen LogP contribution >= 0.6 is 11.3 Å².